The summed E-state index contributed by atoms with van der Waals surface area (Å²) >= 11 is 0. The molecule has 10 nitrogen and oxygen atoms in total. The van der Waals surface area contributed by atoms with Gasteiger partial charge in [0, 0.05) is 24.5 Å². The third kappa shape index (κ3) is 4.16. The van der Waals surface area contributed by atoms with E-state index < -0.39 is 11.6 Å². The second-order valence-corrected chi connectivity index (χ2v) is 9.20. The molecule has 0 spiro atoms. The molecule has 10 heteroatoms. The molecule has 2 aromatic heterocycles. The first kappa shape index (κ1) is 23.4. The molecule has 2 aromatic carbocycles. The Morgan fingerprint density at radius 1 is 1.11 bits per heavy atom. The standard InChI is InChI=1S/C26H27N7O3/c1-15-28-23(36-32-15)19-13-27-25(31-22(19)30-21(14-34)16-8-6-5-7-9-16)29-17-10-11-18-20(12-17)26(2,3)33(4)24(18)35/h5-13,21,34H,14H2,1-4H3,(H2,27,29,30,31)/t21-/m1/s1. The second-order valence-electron chi connectivity index (χ2n) is 9.20. The minimum absolute atomic E-state index is 0.000512. The molecule has 0 fully saturated rings. The van der Waals surface area contributed by atoms with Crippen LogP contribution in [0.15, 0.2) is 59.3 Å². The maximum Gasteiger partial charge on any atom is 0.263 e. The number of nitrogens with zero attached hydrogens (tertiary/aromatic N) is 5. The number of aliphatic hydroxyl groups excluding tert-OH is 1. The molecular formula is C26H27N7O3. The van der Waals surface area contributed by atoms with Gasteiger partial charge in [-0.2, -0.15) is 9.97 Å². The highest BCUT2D eigenvalue weighted by molar-refractivity contribution is 6.00. The van der Waals surface area contributed by atoms with E-state index in [4.69, 9.17) is 4.52 Å². The summed E-state index contributed by atoms with van der Waals surface area (Å²) in [5.74, 6) is 1.51. The SMILES string of the molecule is Cc1noc(-c2cnc(Nc3ccc4c(c3)C(C)(C)N(C)C4=O)nc2N[C@H](CO)c2ccccc2)n1. The van der Waals surface area contributed by atoms with Crippen molar-refractivity contribution >= 4 is 23.4 Å². The zero-order chi connectivity index (χ0) is 25.4. The number of anilines is 3. The zero-order valence-corrected chi connectivity index (χ0v) is 20.5. The van der Waals surface area contributed by atoms with Crippen LogP contribution < -0.4 is 10.6 Å². The van der Waals surface area contributed by atoms with E-state index in [1.807, 2.05) is 62.4 Å². The molecule has 0 unspecified atom stereocenters. The van der Waals surface area contributed by atoms with Crippen molar-refractivity contribution in [2.24, 2.45) is 0 Å². The fourth-order valence-corrected chi connectivity index (χ4v) is 4.26. The molecule has 0 bridgehead atoms. The first-order chi connectivity index (χ1) is 17.3. The topological polar surface area (TPSA) is 129 Å². The minimum Gasteiger partial charge on any atom is -0.394 e. The number of carbonyl (C=O) groups excluding carboxylic acids is 1. The van der Waals surface area contributed by atoms with Gasteiger partial charge in [0.15, 0.2) is 5.82 Å². The number of hydrogen-bond acceptors (Lipinski definition) is 9. The second kappa shape index (κ2) is 9.04. The van der Waals surface area contributed by atoms with Crippen LogP contribution in [0, 0.1) is 6.92 Å². The normalized spacial score (nSPS) is 15.0. The zero-order valence-electron chi connectivity index (χ0n) is 20.5. The van der Waals surface area contributed by atoms with Crippen LogP contribution in [0.2, 0.25) is 0 Å². The fraction of sp³-hybridized carbons (Fsp3) is 0.269. The molecule has 0 saturated heterocycles. The number of aliphatic hydroxyl groups is 1. The van der Waals surface area contributed by atoms with Crippen molar-refractivity contribution in [3.05, 3.63) is 77.2 Å². The Morgan fingerprint density at radius 2 is 1.89 bits per heavy atom. The van der Waals surface area contributed by atoms with Gasteiger partial charge in [0.25, 0.3) is 11.8 Å². The molecule has 3 N–H and O–H groups in total. The van der Waals surface area contributed by atoms with Crippen LogP contribution in [0.5, 0.6) is 0 Å². The Labute approximate surface area is 208 Å². The highest BCUT2D eigenvalue weighted by Crippen LogP contribution is 2.39. The smallest absolute Gasteiger partial charge is 0.263 e. The largest absolute Gasteiger partial charge is 0.394 e. The van der Waals surface area contributed by atoms with Gasteiger partial charge >= 0.3 is 0 Å². The summed E-state index contributed by atoms with van der Waals surface area (Å²) in [7, 11) is 1.80. The van der Waals surface area contributed by atoms with Crippen molar-refractivity contribution in [2.45, 2.75) is 32.4 Å². The summed E-state index contributed by atoms with van der Waals surface area (Å²) < 4.78 is 5.36. The maximum absolute atomic E-state index is 12.6. The van der Waals surface area contributed by atoms with E-state index in [0.717, 1.165) is 16.8 Å². The van der Waals surface area contributed by atoms with Crippen LogP contribution in [0.25, 0.3) is 11.5 Å². The van der Waals surface area contributed by atoms with E-state index in [0.29, 0.717) is 28.7 Å². The number of aromatic nitrogens is 4. The van der Waals surface area contributed by atoms with Crippen LogP contribution >= 0.6 is 0 Å². The van der Waals surface area contributed by atoms with Crippen molar-refractivity contribution in [3.8, 4) is 11.5 Å². The van der Waals surface area contributed by atoms with E-state index in [9.17, 15) is 9.90 Å². The Morgan fingerprint density at radius 3 is 2.58 bits per heavy atom. The van der Waals surface area contributed by atoms with E-state index in [2.05, 4.69) is 30.7 Å². The lowest BCUT2D eigenvalue weighted by Crippen LogP contribution is -2.35. The van der Waals surface area contributed by atoms with Crippen molar-refractivity contribution in [3.63, 3.8) is 0 Å². The number of benzene rings is 2. The van der Waals surface area contributed by atoms with Crippen LogP contribution in [-0.2, 0) is 5.54 Å². The lowest BCUT2D eigenvalue weighted by atomic mass is 9.93. The number of hydrogen-bond donors (Lipinski definition) is 3. The number of aryl methyl sites for hydroxylation is 1. The number of amides is 1. The molecule has 0 aliphatic carbocycles. The van der Waals surface area contributed by atoms with Gasteiger partial charge in [0.1, 0.15) is 11.4 Å². The van der Waals surface area contributed by atoms with E-state index in [1.54, 1.807) is 25.1 Å². The molecule has 0 saturated carbocycles. The van der Waals surface area contributed by atoms with Crippen molar-refractivity contribution in [1.82, 2.24) is 25.0 Å². The average molecular weight is 486 g/mol. The van der Waals surface area contributed by atoms with E-state index in [1.165, 1.54) is 0 Å². The van der Waals surface area contributed by atoms with Crippen molar-refractivity contribution in [1.29, 1.82) is 0 Å². The van der Waals surface area contributed by atoms with Gasteiger partial charge in [0.05, 0.1) is 18.2 Å². The molecule has 1 aliphatic rings. The summed E-state index contributed by atoms with van der Waals surface area (Å²) in [5.41, 5.74) is 3.35. The first-order valence-corrected chi connectivity index (χ1v) is 11.6. The Kier molecular flexibility index (Phi) is 5.89. The van der Waals surface area contributed by atoms with Crippen molar-refractivity contribution in [2.75, 3.05) is 24.3 Å². The monoisotopic (exact) mass is 485 g/mol. The number of rotatable bonds is 7. The highest BCUT2D eigenvalue weighted by Gasteiger charge is 2.40. The van der Waals surface area contributed by atoms with Gasteiger partial charge in [-0.05, 0) is 50.1 Å². The fourth-order valence-electron chi connectivity index (χ4n) is 4.26. The molecule has 184 valence electrons. The molecule has 1 amide bonds. The molecule has 0 radical (unpaired) electrons. The summed E-state index contributed by atoms with van der Waals surface area (Å²) in [6.45, 7) is 5.60. The third-order valence-corrected chi connectivity index (χ3v) is 6.55. The Bertz CT molecular complexity index is 1420. The first-order valence-electron chi connectivity index (χ1n) is 11.6. The van der Waals surface area contributed by atoms with Gasteiger partial charge in [-0.3, -0.25) is 4.79 Å². The quantitative estimate of drug-likeness (QED) is 0.355. The van der Waals surface area contributed by atoms with Gasteiger partial charge in [-0.1, -0.05) is 35.5 Å². The molecule has 36 heavy (non-hydrogen) atoms. The number of nitrogens with one attached hydrogen (secondary N) is 2. The minimum atomic E-state index is -0.429. The van der Waals surface area contributed by atoms with Crippen LogP contribution in [0.1, 0.15) is 47.2 Å². The van der Waals surface area contributed by atoms with Gasteiger partial charge in [0.2, 0.25) is 5.95 Å². The molecule has 5 rings (SSSR count). The third-order valence-electron chi connectivity index (χ3n) is 6.55. The lowest BCUT2D eigenvalue weighted by molar-refractivity contribution is 0.0691. The lowest BCUT2D eigenvalue weighted by Gasteiger charge is -2.28. The summed E-state index contributed by atoms with van der Waals surface area (Å²) in [4.78, 5) is 27.8. The Hall–Kier alpha value is -4.31. The summed E-state index contributed by atoms with van der Waals surface area (Å²) in [6, 6.07) is 14.8. The van der Waals surface area contributed by atoms with Gasteiger partial charge < -0.3 is 25.2 Å². The van der Waals surface area contributed by atoms with Crippen LogP contribution in [-0.4, -0.2) is 49.7 Å². The molecule has 4 aromatic rings. The molecule has 1 aliphatic heterocycles. The predicted octanol–water partition coefficient (Wildman–Crippen LogP) is 4.04. The molecular weight excluding hydrogens is 458 g/mol. The maximum atomic E-state index is 12.6. The van der Waals surface area contributed by atoms with Gasteiger partial charge in [-0.15, -0.1) is 0 Å². The summed E-state index contributed by atoms with van der Waals surface area (Å²) in [5, 5.41) is 20.5. The predicted molar refractivity (Wildman–Crippen MR) is 135 cm³/mol. The number of fused-ring (bicyclic) bond motifs is 1. The number of carbonyl (C=O) groups is 1. The van der Waals surface area contributed by atoms with Crippen LogP contribution in [0.4, 0.5) is 17.5 Å². The van der Waals surface area contributed by atoms with E-state index >= 15 is 0 Å². The summed E-state index contributed by atoms with van der Waals surface area (Å²) in [6.07, 6.45) is 1.60. The average Bonchev–Trinajstić information content (AvgIpc) is 3.38. The molecule has 1 atom stereocenters. The Balaban J connectivity index is 1.50. The van der Waals surface area contributed by atoms with Crippen LogP contribution in [0.3, 0.4) is 0 Å². The van der Waals surface area contributed by atoms with E-state index in [-0.39, 0.29) is 18.4 Å². The van der Waals surface area contributed by atoms with Crippen molar-refractivity contribution < 1.29 is 14.4 Å². The molecule has 3 heterocycles. The highest BCUT2D eigenvalue weighted by atomic mass is 16.5. The van der Waals surface area contributed by atoms with Gasteiger partial charge in [-0.25, -0.2) is 4.98 Å².